The van der Waals surface area contributed by atoms with Crippen LogP contribution >= 0.6 is 0 Å². The number of carbonyl (C=O) groups is 1. The molecule has 0 radical (unpaired) electrons. The highest BCUT2D eigenvalue weighted by molar-refractivity contribution is 5.48. The van der Waals surface area contributed by atoms with E-state index in [9.17, 15) is 4.79 Å². The van der Waals surface area contributed by atoms with E-state index >= 15 is 0 Å². The topological polar surface area (TPSA) is 17.1 Å². The van der Waals surface area contributed by atoms with Crippen molar-refractivity contribution >= 4 is 6.29 Å². The standard InChI is InChI=1S/C25H50O/c1-25(2,3)23-21-19-17-15-13-11-9-7-5-4-6-8-10-12-14-16-18-20-22-24-26/h24H,4-23H2,1-3H3. The van der Waals surface area contributed by atoms with Crippen molar-refractivity contribution in [2.75, 3.05) is 0 Å². The van der Waals surface area contributed by atoms with Crippen molar-refractivity contribution in [2.45, 2.75) is 149 Å². The number of aldehydes is 1. The maximum absolute atomic E-state index is 10.2. The molecule has 0 rings (SSSR count). The summed E-state index contributed by atoms with van der Waals surface area (Å²) in [7, 11) is 0. The molecule has 0 aliphatic carbocycles. The van der Waals surface area contributed by atoms with E-state index in [1.807, 2.05) is 0 Å². The molecule has 0 aliphatic heterocycles. The molecule has 0 fully saturated rings. The van der Waals surface area contributed by atoms with E-state index in [1.165, 1.54) is 116 Å². The molecular formula is C25H50O. The van der Waals surface area contributed by atoms with Crippen LogP contribution in [0.25, 0.3) is 0 Å². The highest BCUT2D eigenvalue weighted by atomic mass is 16.1. The highest BCUT2D eigenvalue weighted by Crippen LogP contribution is 2.22. The number of rotatable bonds is 20. The van der Waals surface area contributed by atoms with Crippen LogP contribution in [0.15, 0.2) is 0 Å². The van der Waals surface area contributed by atoms with Gasteiger partial charge >= 0.3 is 0 Å². The normalized spacial score (nSPS) is 11.8. The minimum absolute atomic E-state index is 0.525. The minimum Gasteiger partial charge on any atom is -0.303 e. The Kier molecular flexibility index (Phi) is 19.2. The SMILES string of the molecule is CC(C)(C)CCCCCCCCCCCCCCCCCCCCC=O. The summed E-state index contributed by atoms with van der Waals surface area (Å²) in [5.41, 5.74) is 0.525. The second-order valence-electron chi connectivity index (χ2n) is 9.63. The van der Waals surface area contributed by atoms with Crippen molar-refractivity contribution in [1.82, 2.24) is 0 Å². The van der Waals surface area contributed by atoms with Crippen molar-refractivity contribution < 1.29 is 4.79 Å². The van der Waals surface area contributed by atoms with Gasteiger partial charge in [0.2, 0.25) is 0 Å². The number of hydrogen-bond donors (Lipinski definition) is 0. The lowest BCUT2D eigenvalue weighted by molar-refractivity contribution is -0.107. The molecule has 0 saturated carbocycles. The van der Waals surface area contributed by atoms with Crippen LogP contribution in [0.3, 0.4) is 0 Å². The van der Waals surface area contributed by atoms with Crippen molar-refractivity contribution in [3.63, 3.8) is 0 Å². The summed E-state index contributed by atoms with van der Waals surface area (Å²) in [6.45, 7) is 7.06. The van der Waals surface area contributed by atoms with Crippen LogP contribution in [0.1, 0.15) is 149 Å². The molecule has 0 aromatic heterocycles. The van der Waals surface area contributed by atoms with Gasteiger partial charge in [0.25, 0.3) is 0 Å². The first kappa shape index (κ1) is 25.7. The number of unbranched alkanes of at least 4 members (excludes halogenated alkanes) is 18. The number of hydrogen-bond acceptors (Lipinski definition) is 1. The van der Waals surface area contributed by atoms with Gasteiger partial charge in [-0.3, -0.25) is 0 Å². The fourth-order valence-electron chi connectivity index (χ4n) is 3.71. The molecule has 0 aromatic carbocycles. The zero-order valence-electron chi connectivity index (χ0n) is 18.6. The molecule has 1 nitrogen and oxygen atoms in total. The van der Waals surface area contributed by atoms with Gasteiger partial charge in [0.15, 0.2) is 0 Å². The first-order chi connectivity index (χ1) is 12.6. The van der Waals surface area contributed by atoms with E-state index in [4.69, 9.17) is 0 Å². The molecule has 0 bridgehead atoms. The molecule has 0 aromatic rings. The lowest BCUT2D eigenvalue weighted by Gasteiger charge is -2.17. The molecule has 1 heteroatoms. The van der Waals surface area contributed by atoms with Gasteiger partial charge in [-0.05, 0) is 18.3 Å². The van der Waals surface area contributed by atoms with Crippen LogP contribution in [0.2, 0.25) is 0 Å². The molecule has 0 spiro atoms. The summed E-state index contributed by atoms with van der Waals surface area (Å²) in [5, 5.41) is 0. The van der Waals surface area contributed by atoms with Gasteiger partial charge in [-0.1, -0.05) is 130 Å². The number of carbonyl (C=O) groups excluding carboxylic acids is 1. The van der Waals surface area contributed by atoms with Gasteiger partial charge in [0.1, 0.15) is 6.29 Å². The second kappa shape index (κ2) is 19.4. The summed E-state index contributed by atoms with van der Waals surface area (Å²) >= 11 is 0. The Morgan fingerprint density at radius 2 is 0.731 bits per heavy atom. The van der Waals surface area contributed by atoms with E-state index < -0.39 is 0 Å². The predicted molar refractivity (Wildman–Crippen MR) is 118 cm³/mol. The van der Waals surface area contributed by atoms with E-state index in [0.717, 1.165) is 19.1 Å². The quantitative estimate of drug-likeness (QED) is 0.155. The zero-order valence-corrected chi connectivity index (χ0v) is 18.6. The molecule has 156 valence electrons. The fraction of sp³-hybridized carbons (Fsp3) is 0.960. The van der Waals surface area contributed by atoms with Crippen molar-refractivity contribution in [3.8, 4) is 0 Å². The third-order valence-electron chi connectivity index (χ3n) is 5.50. The average molecular weight is 367 g/mol. The molecule has 0 unspecified atom stereocenters. The van der Waals surface area contributed by atoms with Crippen LogP contribution in [0.4, 0.5) is 0 Å². The molecule has 0 saturated heterocycles. The predicted octanol–water partition coefficient (Wildman–Crippen LogP) is 9.03. The summed E-state index contributed by atoms with van der Waals surface area (Å²) in [5.74, 6) is 0. The Morgan fingerprint density at radius 3 is 1.00 bits per heavy atom. The highest BCUT2D eigenvalue weighted by Gasteiger charge is 2.08. The summed E-state index contributed by atoms with van der Waals surface area (Å²) in [6, 6.07) is 0. The van der Waals surface area contributed by atoms with E-state index in [1.54, 1.807) is 0 Å². The Labute approximate surface area is 166 Å². The first-order valence-electron chi connectivity index (χ1n) is 12.0. The largest absolute Gasteiger partial charge is 0.303 e. The third-order valence-corrected chi connectivity index (χ3v) is 5.50. The Bertz CT molecular complexity index is 276. The zero-order chi connectivity index (χ0) is 19.3. The Morgan fingerprint density at radius 1 is 0.462 bits per heavy atom. The van der Waals surface area contributed by atoms with Crippen molar-refractivity contribution in [2.24, 2.45) is 5.41 Å². The maximum atomic E-state index is 10.2. The van der Waals surface area contributed by atoms with Crippen LogP contribution < -0.4 is 0 Å². The second-order valence-corrected chi connectivity index (χ2v) is 9.63. The van der Waals surface area contributed by atoms with Crippen LogP contribution in [-0.2, 0) is 4.79 Å². The first-order valence-corrected chi connectivity index (χ1v) is 12.0. The smallest absolute Gasteiger partial charge is 0.119 e. The fourth-order valence-corrected chi connectivity index (χ4v) is 3.71. The van der Waals surface area contributed by atoms with Gasteiger partial charge < -0.3 is 4.79 Å². The van der Waals surface area contributed by atoms with Gasteiger partial charge in [0.05, 0.1) is 0 Å². The average Bonchev–Trinajstić information content (AvgIpc) is 2.59. The van der Waals surface area contributed by atoms with Gasteiger partial charge in [-0.25, -0.2) is 0 Å². The molecule has 0 aliphatic rings. The van der Waals surface area contributed by atoms with Crippen LogP contribution in [0.5, 0.6) is 0 Å². The van der Waals surface area contributed by atoms with Crippen molar-refractivity contribution in [3.05, 3.63) is 0 Å². The Balaban J connectivity index is 3.02. The van der Waals surface area contributed by atoms with Gasteiger partial charge in [-0.2, -0.15) is 0 Å². The minimum atomic E-state index is 0.525. The molecule has 0 atom stereocenters. The third kappa shape index (κ3) is 23.7. The lowest BCUT2D eigenvalue weighted by Crippen LogP contribution is -2.03. The molecule has 0 heterocycles. The summed E-state index contributed by atoms with van der Waals surface area (Å²) < 4.78 is 0. The maximum Gasteiger partial charge on any atom is 0.119 e. The van der Waals surface area contributed by atoms with Gasteiger partial charge in [-0.15, -0.1) is 0 Å². The van der Waals surface area contributed by atoms with Crippen LogP contribution in [0, 0.1) is 5.41 Å². The van der Waals surface area contributed by atoms with E-state index in [-0.39, 0.29) is 0 Å². The molecule has 0 amide bonds. The lowest BCUT2D eigenvalue weighted by atomic mass is 9.89. The molecule has 26 heavy (non-hydrogen) atoms. The van der Waals surface area contributed by atoms with E-state index in [0.29, 0.717) is 5.41 Å². The molecular weight excluding hydrogens is 316 g/mol. The van der Waals surface area contributed by atoms with Crippen LogP contribution in [-0.4, -0.2) is 6.29 Å². The van der Waals surface area contributed by atoms with Gasteiger partial charge in [0, 0.05) is 6.42 Å². The van der Waals surface area contributed by atoms with Crippen molar-refractivity contribution in [1.29, 1.82) is 0 Å². The van der Waals surface area contributed by atoms with E-state index in [2.05, 4.69) is 20.8 Å². The molecule has 0 N–H and O–H groups in total. The Hall–Kier alpha value is -0.330. The monoisotopic (exact) mass is 366 g/mol. The summed E-state index contributed by atoms with van der Waals surface area (Å²) in [6.07, 6.45) is 28.4. The summed E-state index contributed by atoms with van der Waals surface area (Å²) in [4.78, 5) is 10.2.